The minimum Gasteiger partial charge on any atom is -0.372 e. The lowest BCUT2D eigenvalue weighted by Gasteiger charge is -2.20. The molecule has 0 radical (unpaired) electrons. The summed E-state index contributed by atoms with van der Waals surface area (Å²) in [5.41, 5.74) is 2.19. The summed E-state index contributed by atoms with van der Waals surface area (Å²) in [5, 5.41) is 3.55. The first-order valence-corrected chi connectivity index (χ1v) is 7.47. The Labute approximate surface area is 130 Å². The summed E-state index contributed by atoms with van der Waals surface area (Å²) in [6.45, 7) is 1.51. The van der Waals surface area contributed by atoms with E-state index in [1.807, 2.05) is 43.7 Å². The maximum absolute atomic E-state index is 5.85. The number of pyridine rings is 1. The fraction of sp³-hybridized carbons (Fsp3) is 0.438. The Hall–Kier alpha value is -2.05. The van der Waals surface area contributed by atoms with Crippen molar-refractivity contribution in [2.45, 2.75) is 25.1 Å². The second-order valence-corrected chi connectivity index (χ2v) is 5.64. The van der Waals surface area contributed by atoms with Crippen molar-refractivity contribution in [3.05, 3.63) is 48.0 Å². The Balaban J connectivity index is 1.60. The van der Waals surface area contributed by atoms with Crippen LogP contribution in [0.25, 0.3) is 0 Å². The number of anilines is 1. The van der Waals surface area contributed by atoms with Gasteiger partial charge in [-0.15, -0.1) is 0 Å². The molecule has 2 aromatic heterocycles. The van der Waals surface area contributed by atoms with E-state index in [0.29, 0.717) is 0 Å². The second-order valence-electron chi connectivity index (χ2n) is 5.64. The van der Waals surface area contributed by atoms with E-state index in [9.17, 15) is 0 Å². The molecule has 2 aromatic rings. The standard InChI is InChI=1S/C16H21N5O/c1-21(2)16-19-9-12(10-20-16)8-18-14-5-7-22-15(14)13-4-3-6-17-11-13/h3-4,6,9-11,14-15,18H,5,7-8H2,1-2H3/t14-,15+/m0/s1. The van der Waals surface area contributed by atoms with Gasteiger partial charge in [0.05, 0.1) is 6.10 Å². The largest absolute Gasteiger partial charge is 0.372 e. The van der Waals surface area contributed by atoms with Crippen LogP contribution in [-0.2, 0) is 11.3 Å². The average Bonchev–Trinajstić information content (AvgIpc) is 3.02. The molecule has 2 atom stereocenters. The van der Waals surface area contributed by atoms with Gasteiger partial charge in [-0.3, -0.25) is 4.98 Å². The molecule has 0 bridgehead atoms. The quantitative estimate of drug-likeness (QED) is 0.904. The Morgan fingerprint density at radius 2 is 2.09 bits per heavy atom. The van der Waals surface area contributed by atoms with Gasteiger partial charge in [-0.1, -0.05) is 6.07 Å². The fourth-order valence-corrected chi connectivity index (χ4v) is 2.59. The minimum absolute atomic E-state index is 0.0654. The summed E-state index contributed by atoms with van der Waals surface area (Å²) in [6.07, 6.45) is 8.45. The molecule has 22 heavy (non-hydrogen) atoms. The van der Waals surface area contributed by atoms with E-state index in [4.69, 9.17) is 4.74 Å². The SMILES string of the molecule is CN(C)c1ncc(CN[C@H]2CCO[C@@H]2c2cccnc2)cn1. The highest BCUT2D eigenvalue weighted by Crippen LogP contribution is 2.28. The molecule has 0 saturated carbocycles. The molecule has 1 saturated heterocycles. The Kier molecular flexibility index (Phi) is 4.60. The van der Waals surface area contributed by atoms with Gasteiger partial charge in [0, 0.05) is 69.2 Å². The van der Waals surface area contributed by atoms with Gasteiger partial charge in [0.2, 0.25) is 5.95 Å². The predicted octanol–water partition coefficient (Wildman–Crippen LogP) is 1.56. The van der Waals surface area contributed by atoms with Gasteiger partial charge in [0.1, 0.15) is 0 Å². The van der Waals surface area contributed by atoms with Crippen LogP contribution < -0.4 is 10.2 Å². The molecule has 3 rings (SSSR count). The lowest BCUT2D eigenvalue weighted by Crippen LogP contribution is -2.31. The van der Waals surface area contributed by atoms with Crippen molar-refractivity contribution < 1.29 is 4.74 Å². The molecule has 0 unspecified atom stereocenters. The molecule has 1 N–H and O–H groups in total. The third kappa shape index (κ3) is 3.40. The smallest absolute Gasteiger partial charge is 0.224 e. The molecule has 1 aliphatic rings. The minimum atomic E-state index is 0.0654. The van der Waals surface area contributed by atoms with E-state index in [0.717, 1.165) is 36.6 Å². The zero-order valence-electron chi connectivity index (χ0n) is 12.9. The third-order valence-electron chi connectivity index (χ3n) is 3.76. The van der Waals surface area contributed by atoms with Gasteiger partial charge >= 0.3 is 0 Å². The van der Waals surface area contributed by atoms with Crippen LogP contribution in [0, 0.1) is 0 Å². The summed E-state index contributed by atoms with van der Waals surface area (Å²) in [6, 6.07) is 4.30. The highest BCUT2D eigenvalue weighted by atomic mass is 16.5. The summed E-state index contributed by atoms with van der Waals surface area (Å²) >= 11 is 0. The lowest BCUT2D eigenvalue weighted by molar-refractivity contribution is 0.0982. The van der Waals surface area contributed by atoms with E-state index in [-0.39, 0.29) is 12.1 Å². The molecule has 6 nitrogen and oxygen atoms in total. The molecule has 0 amide bonds. The van der Waals surface area contributed by atoms with E-state index in [1.54, 1.807) is 6.20 Å². The van der Waals surface area contributed by atoms with Gasteiger partial charge in [-0.25, -0.2) is 9.97 Å². The van der Waals surface area contributed by atoms with E-state index < -0.39 is 0 Å². The molecule has 116 valence electrons. The predicted molar refractivity (Wildman–Crippen MR) is 84.5 cm³/mol. The van der Waals surface area contributed by atoms with Crippen molar-refractivity contribution in [3.8, 4) is 0 Å². The molecule has 0 aliphatic carbocycles. The number of hydrogen-bond donors (Lipinski definition) is 1. The van der Waals surface area contributed by atoms with Crippen molar-refractivity contribution in [1.29, 1.82) is 0 Å². The molecule has 6 heteroatoms. The van der Waals surface area contributed by atoms with Crippen LogP contribution in [0.3, 0.4) is 0 Å². The molecular weight excluding hydrogens is 278 g/mol. The van der Waals surface area contributed by atoms with Crippen molar-refractivity contribution in [3.63, 3.8) is 0 Å². The van der Waals surface area contributed by atoms with Crippen molar-refractivity contribution in [2.75, 3.05) is 25.6 Å². The van der Waals surface area contributed by atoms with Gasteiger partial charge in [-0.2, -0.15) is 0 Å². The average molecular weight is 299 g/mol. The first kappa shape index (κ1) is 14.9. The normalized spacial score (nSPS) is 21.0. The van der Waals surface area contributed by atoms with Crippen LogP contribution in [0.15, 0.2) is 36.9 Å². The Morgan fingerprint density at radius 3 is 2.77 bits per heavy atom. The number of rotatable bonds is 5. The monoisotopic (exact) mass is 299 g/mol. The Bertz CT molecular complexity index is 587. The number of nitrogens with zero attached hydrogens (tertiary/aromatic N) is 4. The van der Waals surface area contributed by atoms with Gasteiger partial charge in [0.15, 0.2) is 0 Å². The maximum Gasteiger partial charge on any atom is 0.224 e. The molecule has 0 aromatic carbocycles. The highest BCUT2D eigenvalue weighted by Gasteiger charge is 2.29. The molecule has 1 fully saturated rings. The number of ether oxygens (including phenoxy) is 1. The van der Waals surface area contributed by atoms with Crippen LogP contribution in [0.4, 0.5) is 5.95 Å². The molecular formula is C16H21N5O. The van der Waals surface area contributed by atoms with Crippen LogP contribution in [0.5, 0.6) is 0 Å². The first-order chi connectivity index (χ1) is 10.7. The van der Waals surface area contributed by atoms with Gasteiger partial charge in [-0.05, 0) is 12.5 Å². The molecule has 1 aliphatic heterocycles. The molecule has 0 spiro atoms. The first-order valence-electron chi connectivity index (χ1n) is 7.47. The number of hydrogen-bond acceptors (Lipinski definition) is 6. The van der Waals surface area contributed by atoms with E-state index in [1.165, 1.54) is 0 Å². The Morgan fingerprint density at radius 1 is 1.27 bits per heavy atom. The molecule has 3 heterocycles. The van der Waals surface area contributed by atoms with Crippen LogP contribution in [0.1, 0.15) is 23.7 Å². The summed E-state index contributed by atoms with van der Waals surface area (Å²) < 4.78 is 5.85. The zero-order valence-corrected chi connectivity index (χ0v) is 12.9. The van der Waals surface area contributed by atoms with Crippen molar-refractivity contribution >= 4 is 5.95 Å². The lowest BCUT2D eigenvalue weighted by atomic mass is 10.0. The van der Waals surface area contributed by atoms with E-state index >= 15 is 0 Å². The topological polar surface area (TPSA) is 63.2 Å². The van der Waals surface area contributed by atoms with Crippen LogP contribution in [-0.4, -0.2) is 41.7 Å². The summed E-state index contributed by atoms with van der Waals surface area (Å²) in [4.78, 5) is 14.7. The maximum atomic E-state index is 5.85. The number of nitrogens with one attached hydrogen (secondary N) is 1. The van der Waals surface area contributed by atoms with Gasteiger partial charge in [0.25, 0.3) is 0 Å². The van der Waals surface area contributed by atoms with Gasteiger partial charge < -0.3 is 15.0 Å². The fourth-order valence-electron chi connectivity index (χ4n) is 2.59. The highest BCUT2D eigenvalue weighted by molar-refractivity contribution is 5.26. The van der Waals surface area contributed by atoms with Crippen molar-refractivity contribution in [2.24, 2.45) is 0 Å². The number of aromatic nitrogens is 3. The summed E-state index contributed by atoms with van der Waals surface area (Å²) in [5.74, 6) is 0.723. The third-order valence-corrected chi connectivity index (χ3v) is 3.76. The van der Waals surface area contributed by atoms with Crippen LogP contribution >= 0.6 is 0 Å². The van der Waals surface area contributed by atoms with E-state index in [2.05, 4.69) is 26.3 Å². The van der Waals surface area contributed by atoms with Crippen molar-refractivity contribution in [1.82, 2.24) is 20.3 Å². The summed E-state index contributed by atoms with van der Waals surface area (Å²) in [7, 11) is 3.86. The second kappa shape index (κ2) is 6.81. The zero-order chi connectivity index (χ0) is 15.4. The van der Waals surface area contributed by atoms with Crippen LogP contribution in [0.2, 0.25) is 0 Å².